The lowest BCUT2D eigenvalue weighted by Gasteiger charge is -2.37. The third-order valence-corrected chi connectivity index (χ3v) is 5.74. The van der Waals surface area contributed by atoms with Gasteiger partial charge in [-0.05, 0) is 62.3 Å². The molecule has 1 aromatic heterocycles. The third-order valence-electron chi connectivity index (χ3n) is 4.69. The van der Waals surface area contributed by atoms with Gasteiger partial charge >= 0.3 is 0 Å². The molecule has 0 aliphatic carbocycles. The van der Waals surface area contributed by atoms with E-state index in [4.69, 9.17) is 0 Å². The fourth-order valence-corrected chi connectivity index (χ4v) is 4.48. The van der Waals surface area contributed by atoms with Crippen LogP contribution in [0.5, 0.6) is 0 Å². The van der Waals surface area contributed by atoms with E-state index in [0.717, 1.165) is 32.5 Å². The van der Waals surface area contributed by atoms with Crippen LogP contribution in [0.1, 0.15) is 25.7 Å². The maximum Gasteiger partial charge on any atom is 0.248 e. The van der Waals surface area contributed by atoms with Crippen molar-refractivity contribution in [3.8, 4) is 0 Å². The van der Waals surface area contributed by atoms with E-state index in [2.05, 4.69) is 15.7 Å². The molecule has 2 saturated heterocycles. The Morgan fingerprint density at radius 1 is 1.36 bits per heavy atom. The van der Waals surface area contributed by atoms with Gasteiger partial charge < -0.3 is 10.6 Å². The lowest BCUT2D eigenvalue weighted by Crippen LogP contribution is -2.55. The number of hydrogen-bond acceptors (Lipinski definition) is 4. The Kier molecular flexibility index (Phi) is 6.59. The molecule has 5 nitrogen and oxygen atoms in total. The molecule has 2 aliphatic rings. The molecule has 2 N–H and O–H groups in total. The van der Waals surface area contributed by atoms with Gasteiger partial charge in [-0.25, -0.2) is 0 Å². The molecule has 22 heavy (non-hydrogen) atoms. The minimum atomic E-state index is -0.502. The van der Waals surface area contributed by atoms with Gasteiger partial charge in [0.15, 0.2) is 0 Å². The van der Waals surface area contributed by atoms with Crippen LogP contribution in [0.2, 0.25) is 0 Å². The first kappa shape index (κ1) is 17.6. The van der Waals surface area contributed by atoms with E-state index in [9.17, 15) is 4.79 Å². The summed E-state index contributed by atoms with van der Waals surface area (Å²) in [5.74, 6) is 3.25. The van der Waals surface area contributed by atoms with E-state index in [1.807, 2.05) is 28.7 Å². The van der Waals surface area contributed by atoms with Crippen molar-refractivity contribution in [1.82, 2.24) is 20.4 Å². The second-order valence-electron chi connectivity index (χ2n) is 6.00. The van der Waals surface area contributed by atoms with Gasteiger partial charge in [0.25, 0.3) is 0 Å². The molecule has 7 heteroatoms. The first-order valence-electron chi connectivity index (χ1n) is 7.88. The summed E-state index contributed by atoms with van der Waals surface area (Å²) in [5, 5.41) is 10.9. The molecule has 0 unspecified atom stereocenters. The van der Waals surface area contributed by atoms with Gasteiger partial charge in [0.05, 0.1) is 0 Å². The molecule has 0 spiro atoms. The minimum absolute atomic E-state index is 0. The molecule has 3 rings (SSSR count). The average Bonchev–Trinajstić information content (AvgIpc) is 3.09. The van der Waals surface area contributed by atoms with Gasteiger partial charge in [-0.1, -0.05) is 0 Å². The van der Waals surface area contributed by atoms with Crippen molar-refractivity contribution in [2.45, 2.75) is 31.2 Å². The highest BCUT2D eigenvalue weighted by Crippen LogP contribution is 2.28. The average molecular weight is 345 g/mol. The summed E-state index contributed by atoms with van der Waals surface area (Å²) in [6, 6.07) is 1.90. The molecule has 1 amide bonds. The summed E-state index contributed by atoms with van der Waals surface area (Å²) < 4.78 is 1.86. The van der Waals surface area contributed by atoms with Crippen LogP contribution < -0.4 is 10.6 Å². The first-order chi connectivity index (χ1) is 10.3. The molecule has 2 fully saturated rings. The normalized spacial score (nSPS) is 21.8. The summed E-state index contributed by atoms with van der Waals surface area (Å²) in [7, 11) is 0. The lowest BCUT2D eigenvalue weighted by molar-refractivity contribution is -0.132. The van der Waals surface area contributed by atoms with Gasteiger partial charge in [-0.3, -0.25) is 9.48 Å². The first-order valence-corrected chi connectivity index (χ1v) is 9.04. The Bertz CT molecular complexity index is 456. The van der Waals surface area contributed by atoms with Crippen molar-refractivity contribution in [1.29, 1.82) is 0 Å². The predicted molar refractivity (Wildman–Crippen MR) is 92.6 cm³/mol. The van der Waals surface area contributed by atoms with Crippen molar-refractivity contribution in [3.63, 3.8) is 0 Å². The molecule has 0 bridgehead atoms. The lowest BCUT2D eigenvalue weighted by atomic mass is 9.87. The summed E-state index contributed by atoms with van der Waals surface area (Å²) in [4.78, 5) is 12.9. The summed E-state index contributed by atoms with van der Waals surface area (Å²) in [6.07, 6.45) is 7.74. The predicted octanol–water partition coefficient (Wildman–Crippen LogP) is 1.64. The zero-order valence-electron chi connectivity index (χ0n) is 12.8. The number of carbonyl (C=O) groups excluding carboxylic acids is 1. The van der Waals surface area contributed by atoms with Crippen LogP contribution in [0.4, 0.5) is 0 Å². The molecule has 0 aromatic carbocycles. The maximum absolute atomic E-state index is 12.9. The minimum Gasteiger partial charge on any atom is -0.354 e. The third kappa shape index (κ3) is 3.78. The monoisotopic (exact) mass is 344 g/mol. The van der Waals surface area contributed by atoms with E-state index in [0.29, 0.717) is 5.92 Å². The van der Waals surface area contributed by atoms with Crippen molar-refractivity contribution in [3.05, 3.63) is 18.5 Å². The van der Waals surface area contributed by atoms with Gasteiger partial charge in [-0.15, -0.1) is 12.4 Å². The molecular formula is C15H25ClN4OS. The van der Waals surface area contributed by atoms with Crippen molar-refractivity contribution < 1.29 is 4.79 Å². The van der Waals surface area contributed by atoms with E-state index in [-0.39, 0.29) is 18.3 Å². The van der Waals surface area contributed by atoms with E-state index in [1.165, 1.54) is 24.3 Å². The maximum atomic E-state index is 12.9. The Morgan fingerprint density at radius 3 is 2.73 bits per heavy atom. The van der Waals surface area contributed by atoms with Gasteiger partial charge in [0.2, 0.25) is 5.91 Å². The Hall–Kier alpha value is -0.720. The van der Waals surface area contributed by atoms with Crippen LogP contribution in [0, 0.1) is 5.92 Å². The highest BCUT2D eigenvalue weighted by Gasteiger charge is 2.41. The molecule has 0 atom stereocenters. The zero-order chi connectivity index (χ0) is 14.5. The second-order valence-corrected chi connectivity index (χ2v) is 7.22. The Balaban J connectivity index is 0.00000176. The van der Waals surface area contributed by atoms with Crippen molar-refractivity contribution >= 4 is 30.1 Å². The van der Waals surface area contributed by atoms with Crippen LogP contribution in [-0.2, 0) is 10.3 Å². The van der Waals surface area contributed by atoms with Gasteiger partial charge in [-0.2, -0.15) is 16.9 Å². The number of nitrogens with one attached hydrogen (secondary N) is 2. The van der Waals surface area contributed by atoms with E-state index >= 15 is 0 Å². The number of amides is 1. The number of nitrogens with zero attached hydrogens (tertiary/aromatic N) is 2. The molecule has 2 aliphatic heterocycles. The molecular weight excluding hydrogens is 320 g/mol. The number of aromatic nitrogens is 2. The Morgan fingerprint density at radius 2 is 2.09 bits per heavy atom. The highest BCUT2D eigenvalue weighted by atomic mass is 35.5. The van der Waals surface area contributed by atoms with Gasteiger partial charge in [0, 0.05) is 18.9 Å². The van der Waals surface area contributed by atoms with Crippen LogP contribution in [0.15, 0.2) is 18.5 Å². The molecule has 1 aromatic rings. The second kappa shape index (κ2) is 8.22. The van der Waals surface area contributed by atoms with Crippen molar-refractivity contribution in [2.24, 2.45) is 5.92 Å². The number of piperidine rings is 1. The number of carbonyl (C=O) groups is 1. The smallest absolute Gasteiger partial charge is 0.248 e. The zero-order valence-corrected chi connectivity index (χ0v) is 14.4. The SMILES string of the molecule is Cl.O=C(NCC1CCSCC1)C1(n2cccn2)CCNCC1. The van der Waals surface area contributed by atoms with Crippen LogP contribution in [0.25, 0.3) is 0 Å². The number of thioether (sulfide) groups is 1. The number of rotatable bonds is 4. The van der Waals surface area contributed by atoms with E-state index < -0.39 is 5.54 Å². The topological polar surface area (TPSA) is 59.0 Å². The van der Waals surface area contributed by atoms with Crippen LogP contribution in [0.3, 0.4) is 0 Å². The van der Waals surface area contributed by atoms with Crippen molar-refractivity contribution in [2.75, 3.05) is 31.1 Å². The highest BCUT2D eigenvalue weighted by molar-refractivity contribution is 7.99. The van der Waals surface area contributed by atoms with Crippen LogP contribution >= 0.6 is 24.2 Å². The van der Waals surface area contributed by atoms with Gasteiger partial charge in [0.1, 0.15) is 5.54 Å². The number of hydrogen-bond donors (Lipinski definition) is 2. The molecule has 124 valence electrons. The van der Waals surface area contributed by atoms with Crippen LogP contribution in [-0.4, -0.2) is 46.8 Å². The Labute approximate surface area is 142 Å². The largest absolute Gasteiger partial charge is 0.354 e. The summed E-state index contributed by atoms with van der Waals surface area (Å²) in [6.45, 7) is 2.55. The summed E-state index contributed by atoms with van der Waals surface area (Å²) in [5.41, 5.74) is -0.502. The fraction of sp³-hybridized carbons (Fsp3) is 0.733. The fourth-order valence-electron chi connectivity index (χ4n) is 3.27. The number of halogens is 1. The molecule has 0 saturated carbocycles. The van der Waals surface area contributed by atoms with E-state index in [1.54, 1.807) is 6.20 Å². The summed E-state index contributed by atoms with van der Waals surface area (Å²) >= 11 is 2.02. The molecule has 0 radical (unpaired) electrons. The quantitative estimate of drug-likeness (QED) is 0.872. The standard InChI is InChI=1S/C15H24N4OS.ClH/c20-14(17-12-13-2-10-21-11-3-13)15(4-7-16-8-5-15)19-9-1-6-18-19;/h1,6,9,13,16H,2-5,7-8,10-12H2,(H,17,20);1H. The molecule has 3 heterocycles.